The number of hydrogen-bond donors (Lipinski definition) is 2. The summed E-state index contributed by atoms with van der Waals surface area (Å²) in [6, 6.07) is 9.09. The summed E-state index contributed by atoms with van der Waals surface area (Å²) in [5.41, 5.74) is 8.33. The molecule has 1 aliphatic rings. The van der Waals surface area contributed by atoms with Gasteiger partial charge in [0, 0.05) is 18.3 Å². The summed E-state index contributed by atoms with van der Waals surface area (Å²) in [4.78, 5) is 9.29. The highest BCUT2D eigenvalue weighted by Crippen LogP contribution is 2.18. The first-order valence-electron chi connectivity index (χ1n) is 9.01. The molecule has 2 rings (SSSR count). The Morgan fingerprint density at radius 1 is 1.32 bits per heavy atom. The topological polar surface area (TPSA) is 56.9 Å². The minimum Gasteiger partial charge on any atom is -0.370 e. The van der Waals surface area contributed by atoms with Crippen LogP contribution in [0.2, 0.25) is 0 Å². The summed E-state index contributed by atoms with van der Waals surface area (Å²) in [6.45, 7) is 8.42. The molecule has 1 heterocycles. The summed E-state index contributed by atoms with van der Waals surface area (Å²) >= 11 is 0. The molecular formula is C19H34IN5. The van der Waals surface area contributed by atoms with Gasteiger partial charge in [0.25, 0.3) is 0 Å². The second-order valence-corrected chi connectivity index (χ2v) is 7.21. The standard InChI is InChI=1S/C19H33N5.HI/c1-15(2)16-6-5-7-17(14-16)22-19(20)21-10-13-24-11-8-18(9-12-24)23(3)4;/h5-7,14-15,18H,8-13H2,1-4H3,(H3,20,21,22);1H. The number of nitrogens with two attached hydrogens (primary N) is 1. The lowest BCUT2D eigenvalue weighted by atomic mass is 10.0. The fourth-order valence-electron chi connectivity index (χ4n) is 3.13. The van der Waals surface area contributed by atoms with Crippen molar-refractivity contribution >= 4 is 35.6 Å². The Kier molecular flexibility index (Phi) is 9.74. The highest BCUT2D eigenvalue weighted by atomic mass is 127. The molecule has 0 aromatic heterocycles. The van der Waals surface area contributed by atoms with Gasteiger partial charge in [-0.3, -0.25) is 4.99 Å². The quantitative estimate of drug-likeness (QED) is 0.390. The van der Waals surface area contributed by atoms with E-state index >= 15 is 0 Å². The molecule has 0 radical (unpaired) electrons. The predicted octanol–water partition coefficient (Wildman–Crippen LogP) is 3.18. The number of hydrogen-bond acceptors (Lipinski definition) is 3. The van der Waals surface area contributed by atoms with Crippen LogP contribution in [0.5, 0.6) is 0 Å². The Balaban J connectivity index is 0.00000312. The van der Waals surface area contributed by atoms with Crippen LogP contribution in [0.25, 0.3) is 0 Å². The van der Waals surface area contributed by atoms with Crippen LogP contribution in [-0.2, 0) is 0 Å². The highest BCUT2D eigenvalue weighted by Gasteiger charge is 2.19. The molecule has 6 heteroatoms. The molecule has 0 saturated carbocycles. The highest BCUT2D eigenvalue weighted by molar-refractivity contribution is 14.0. The van der Waals surface area contributed by atoms with Gasteiger partial charge in [-0.05, 0) is 63.6 Å². The van der Waals surface area contributed by atoms with Crippen LogP contribution in [0.3, 0.4) is 0 Å². The van der Waals surface area contributed by atoms with Gasteiger partial charge >= 0.3 is 0 Å². The first kappa shape index (κ1) is 22.2. The smallest absolute Gasteiger partial charge is 0.193 e. The van der Waals surface area contributed by atoms with Gasteiger partial charge in [-0.2, -0.15) is 0 Å². The van der Waals surface area contributed by atoms with Crippen molar-refractivity contribution in [1.82, 2.24) is 9.80 Å². The van der Waals surface area contributed by atoms with Gasteiger partial charge in [-0.15, -0.1) is 24.0 Å². The van der Waals surface area contributed by atoms with E-state index in [0.717, 1.165) is 37.9 Å². The first-order chi connectivity index (χ1) is 11.5. The van der Waals surface area contributed by atoms with Crippen molar-refractivity contribution in [3.63, 3.8) is 0 Å². The molecule has 1 fully saturated rings. The number of anilines is 1. The van der Waals surface area contributed by atoms with Crippen molar-refractivity contribution in [3.8, 4) is 0 Å². The minimum absolute atomic E-state index is 0. The van der Waals surface area contributed by atoms with Crippen molar-refractivity contribution in [2.24, 2.45) is 10.7 Å². The van der Waals surface area contributed by atoms with E-state index in [1.165, 1.54) is 18.4 Å². The van der Waals surface area contributed by atoms with E-state index in [1.807, 2.05) is 6.07 Å². The first-order valence-corrected chi connectivity index (χ1v) is 9.01. The zero-order valence-electron chi connectivity index (χ0n) is 16.0. The Hall–Kier alpha value is -0.860. The normalized spacial score (nSPS) is 17.0. The molecule has 1 aliphatic heterocycles. The lowest BCUT2D eigenvalue weighted by molar-refractivity contribution is 0.148. The molecule has 1 saturated heterocycles. The van der Waals surface area contributed by atoms with Gasteiger partial charge in [0.2, 0.25) is 0 Å². The summed E-state index contributed by atoms with van der Waals surface area (Å²) < 4.78 is 0. The number of benzene rings is 1. The lowest BCUT2D eigenvalue weighted by Gasteiger charge is -2.34. The Labute approximate surface area is 170 Å². The molecule has 5 nitrogen and oxygen atoms in total. The Bertz CT molecular complexity index is 536. The molecule has 0 amide bonds. The summed E-state index contributed by atoms with van der Waals surface area (Å²) in [6.07, 6.45) is 2.49. The van der Waals surface area contributed by atoms with Crippen molar-refractivity contribution in [2.75, 3.05) is 45.6 Å². The second kappa shape index (κ2) is 11.0. The zero-order chi connectivity index (χ0) is 17.5. The molecule has 3 N–H and O–H groups in total. The van der Waals surface area contributed by atoms with E-state index in [1.54, 1.807) is 0 Å². The van der Waals surface area contributed by atoms with E-state index in [2.05, 4.69) is 66.3 Å². The van der Waals surface area contributed by atoms with Crippen LogP contribution in [-0.4, -0.2) is 62.1 Å². The number of guanidine groups is 1. The van der Waals surface area contributed by atoms with E-state index in [-0.39, 0.29) is 24.0 Å². The van der Waals surface area contributed by atoms with Gasteiger partial charge in [0.15, 0.2) is 5.96 Å². The van der Waals surface area contributed by atoms with E-state index < -0.39 is 0 Å². The molecule has 0 unspecified atom stereocenters. The van der Waals surface area contributed by atoms with E-state index in [4.69, 9.17) is 5.73 Å². The number of nitrogens with one attached hydrogen (secondary N) is 1. The molecule has 142 valence electrons. The van der Waals surface area contributed by atoms with Crippen LogP contribution in [0, 0.1) is 0 Å². The van der Waals surface area contributed by atoms with Gasteiger partial charge < -0.3 is 20.9 Å². The molecule has 0 atom stereocenters. The minimum atomic E-state index is 0. The number of halogens is 1. The molecular weight excluding hydrogens is 425 g/mol. The van der Waals surface area contributed by atoms with Crippen LogP contribution in [0.15, 0.2) is 29.3 Å². The maximum atomic E-state index is 6.02. The summed E-state index contributed by atoms with van der Waals surface area (Å²) in [7, 11) is 4.34. The molecule has 1 aromatic rings. The van der Waals surface area contributed by atoms with Gasteiger partial charge in [0.1, 0.15) is 0 Å². The summed E-state index contributed by atoms with van der Waals surface area (Å²) in [5, 5.41) is 3.20. The lowest BCUT2D eigenvalue weighted by Crippen LogP contribution is -2.42. The van der Waals surface area contributed by atoms with E-state index in [9.17, 15) is 0 Å². The molecule has 0 aliphatic carbocycles. The van der Waals surface area contributed by atoms with Crippen LogP contribution < -0.4 is 11.1 Å². The Morgan fingerprint density at radius 3 is 2.60 bits per heavy atom. The van der Waals surface area contributed by atoms with Crippen molar-refractivity contribution < 1.29 is 0 Å². The van der Waals surface area contributed by atoms with Gasteiger partial charge in [-0.25, -0.2) is 0 Å². The van der Waals surface area contributed by atoms with Gasteiger partial charge in [0.05, 0.1) is 6.54 Å². The molecule has 1 aromatic carbocycles. The van der Waals surface area contributed by atoms with Crippen molar-refractivity contribution in [1.29, 1.82) is 0 Å². The van der Waals surface area contributed by atoms with Crippen LogP contribution >= 0.6 is 24.0 Å². The second-order valence-electron chi connectivity index (χ2n) is 7.21. The van der Waals surface area contributed by atoms with Crippen molar-refractivity contribution in [3.05, 3.63) is 29.8 Å². The zero-order valence-corrected chi connectivity index (χ0v) is 18.4. The third kappa shape index (κ3) is 7.50. The van der Waals surface area contributed by atoms with E-state index in [0.29, 0.717) is 11.9 Å². The van der Waals surface area contributed by atoms with Gasteiger partial charge in [-0.1, -0.05) is 26.0 Å². The average molecular weight is 459 g/mol. The third-order valence-corrected chi connectivity index (χ3v) is 4.81. The number of piperidine rings is 1. The third-order valence-electron chi connectivity index (χ3n) is 4.81. The Morgan fingerprint density at radius 2 is 2.00 bits per heavy atom. The summed E-state index contributed by atoms with van der Waals surface area (Å²) in [5.74, 6) is 1.01. The maximum absolute atomic E-state index is 6.02. The predicted molar refractivity (Wildman–Crippen MR) is 119 cm³/mol. The molecule has 25 heavy (non-hydrogen) atoms. The molecule has 0 bridgehead atoms. The van der Waals surface area contributed by atoms with Crippen molar-refractivity contribution in [2.45, 2.75) is 38.6 Å². The fraction of sp³-hybridized carbons (Fsp3) is 0.632. The number of nitrogens with zero attached hydrogens (tertiary/aromatic N) is 3. The SMILES string of the molecule is CC(C)c1cccc(NC(N)=NCCN2CCC(N(C)C)CC2)c1.I. The number of likely N-dealkylation sites (tertiary alicyclic amines) is 1. The maximum Gasteiger partial charge on any atom is 0.193 e. The number of aliphatic imine (C=N–C) groups is 1. The van der Waals surface area contributed by atoms with Crippen LogP contribution in [0.1, 0.15) is 38.2 Å². The number of rotatable bonds is 6. The fourth-order valence-corrected chi connectivity index (χ4v) is 3.13. The van der Waals surface area contributed by atoms with Crippen LogP contribution in [0.4, 0.5) is 5.69 Å². The average Bonchev–Trinajstić information content (AvgIpc) is 2.55. The molecule has 0 spiro atoms. The largest absolute Gasteiger partial charge is 0.370 e. The monoisotopic (exact) mass is 459 g/mol.